The fraction of sp³-hybridized carbons (Fsp3) is 0.290. The molecule has 1 unspecified atom stereocenters. The van der Waals surface area contributed by atoms with Gasteiger partial charge in [-0.25, -0.2) is 9.59 Å². The van der Waals surface area contributed by atoms with Crippen molar-refractivity contribution >= 4 is 11.9 Å². The Morgan fingerprint density at radius 2 is 1.31 bits per heavy atom. The molecular weight excluding hydrogens is 450 g/mol. The van der Waals surface area contributed by atoms with Gasteiger partial charge in [-0.3, -0.25) is 0 Å². The highest BCUT2D eigenvalue weighted by molar-refractivity contribution is 5.95. The first kappa shape index (κ1) is 26.7. The van der Waals surface area contributed by atoms with E-state index in [2.05, 4.69) is 43.3 Å². The van der Waals surface area contributed by atoms with Crippen LogP contribution in [-0.2, 0) is 22.6 Å². The van der Waals surface area contributed by atoms with Crippen LogP contribution in [0.2, 0.25) is 0 Å². The van der Waals surface area contributed by atoms with Gasteiger partial charge in [-0.1, -0.05) is 59.5 Å². The van der Waals surface area contributed by atoms with Crippen molar-refractivity contribution in [1.29, 1.82) is 0 Å². The highest BCUT2D eigenvalue weighted by atomic mass is 16.5. The maximum Gasteiger partial charge on any atom is 0.338 e. The number of esters is 2. The molecule has 36 heavy (non-hydrogen) atoms. The van der Waals surface area contributed by atoms with Crippen LogP contribution in [0.3, 0.4) is 0 Å². The van der Waals surface area contributed by atoms with E-state index in [0.29, 0.717) is 5.56 Å². The molecule has 1 N–H and O–H groups in total. The Balaban J connectivity index is 1.79. The van der Waals surface area contributed by atoms with Gasteiger partial charge in [-0.15, -0.1) is 6.42 Å². The van der Waals surface area contributed by atoms with Crippen LogP contribution in [0.15, 0.2) is 60.7 Å². The van der Waals surface area contributed by atoms with E-state index in [1.807, 2.05) is 24.3 Å². The molecule has 0 fully saturated rings. The first-order valence-electron chi connectivity index (χ1n) is 12.2. The fourth-order valence-corrected chi connectivity index (χ4v) is 4.22. The second kappa shape index (κ2) is 12.7. The zero-order valence-electron chi connectivity index (χ0n) is 21.4. The van der Waals surface area contributed by atoms with Crippen molar-refractivity contribution in [2.45, 2.75) is 46.7 Å². The third kappa shape index (κ3) is 7.07. The van der Waals surface area contributed by atoms with Gasteiger partial charge in [0.15, 0.2) is 0 Å². The van der Waals surface area contributed by atoms with Crippen LogP contribution in [0.4, 0.5) is 0 Å². The highest BCUT2D eigenvalue weighted by Gasteiger charge is 2.19. The quantitative estimate of drug-likeness (QED) is 0.296. The Morgan fingerprint density at radius 3 is 1.81 bits per heavy atom. The van der Waals surface area contributed by atoms with Gasteiger partial charge in [-0.2, -0.15) is 0 Å². The third-order valence-corrected chi connectivity index (χ3v) is 5.73. The zero-order valence-corrected chi connectivity index (χ0v) is 21.4. The van der Waals surface area contributed by atoms with Crippen LogP contribution in [0, 0.1) is 26.2 Å². The van der Waals surface area contributed by atoms with Crippen molar-refractivity contribution in [3.8, 4) is 12.3 Å². The number of hydrogen-bond acceptors (Lipinski definition) is 5. The Morgan fingerprint density at radius 1 is 0.778 bits per heavy atom. The molecule has 1 atom stereocenters. The Bertz CT molecular complexity index is 1200. The molecule has 0 aliphatic heterocycles. The van der Waals surface area contributed by atoms with Crippen molar-refractivity contribution in [2.75, 3.05) is 13.2 Å². The number of terminal acetylenes is 1. The predicted molar refractivity (Wildman–Crippen MR) is 142 cm³/mol. The van der Waals surface area contributed by atoms with E-state index in [0.717, 1.165) is 24.2 Å². The standard InChI is InChI=1S/C31H33NO4/c1-6-29(26-16-27(30(33)35-7-2)18-28(17-26)31(34)36-8-3)25-11-9-23(10-12-25)19-32-20-24-14-21(4)13-22(5)15-24/h1,9-18,29,32H,7-8,19-20H2,2-5H3. The number of hydrogen-bond donors (Lipinski definition) is 1. The molecule has 5 heteroatoms. The van der Waals surface area contributed by atoms with Crippen molar-refractivity contribution in [1.82, 2.24) is 5.32 Å². The Labute approximate surface area is 213 Å². The summed E-state index contributed by atoms with van der Waals surface area (Å²) in [5, 5.41) is 3.49. The van der Waals surface area contributed by atoms with E-state index in [-0.39, 0.29) is 24.3 Å². The van der Waals surface area contributed by atoms with E-state index in [9.17, 15) is 9.59 Å². The monoisotopic (exact) mass is 483 g/mol. The molecule has 0 saturated carbocycles. The lowest BCUT2D eigenvalue weighted by atomic mass is 9.89. The first-order chi connectivity index (χ1) is 17.3. The number of ether oxygens (including phenoxy) is 2. The number of rotatable bonds is 10. The molecule has 186 valence electrons. The molecule has 0 saturated heterocycles. The van der Waals surface area contributed by atoms with Crippen LogP contribution in [0.25, 0.3) is 0 Å². The molecule has 3 aromatic rings. The molecule has 3 aromatic carbocycles. The first-order valence-corrected chi connectivity index (χ1v) is 12.2. The van der Waals surface area contributed by atoms with E-state index in [4.69, 9.17) is 15.9 Å². The second-order valence-corrected chi connectivity index (χ2v) is 8.73. The summed E-state index contributed by atoms with van der Waals surface area (Å²) in [7, 11) is 0. The lowest BCUT2D eigenvalue weighted by Crippen LogP contribution is -2.13. The van der Waals surface area contributed by atoms with E-state index in [1.54, 1.807) is 26.0 Å². The molecule has 0 aliphatic rings. The smallest absolute Gasteiger partial charge is 0.338 e. The average molecular weight is 484 g/mol. The molecular formula is C31H33NO4. The minimum absolute atomic E-state index is 0.232. The molecule has 0 bridgehead atoms. The van der Waals surface area contributed by atoms with Crippen LogP contribution in [0.5, 0.6) is 0 Å². The largest absolute Gasteiger partial charge is 0.462 e. The normalized spacial score (nSPS) is 11.4. The van der Waals surface area contributed by atoms with Gasteiger partial charge in [0.05, 0.1) is 30.3 Å². The number of aryl methyl sites for hydroxylation is 2. The van der Waals surface area contributed by atoms with Crippen LogP contribution >= 0.6 is 0 Å². The summed E-state index contributed by atoms with van der Waals surface area (Å²) in [6.45, 7) is 9.65. The number of benzene rings is 3. The van der Waals surface area contributed by atoms with Crippen LogP contribution < -0.4 is 5.32 Å². The molecule has 0 aromatic heterocycles. The highest BCUT2D eigenvalue weighted by Crippen LogP contribution is 2.27. The maximum atomic E-state index is 12.4. The summed E-state index contributed by atoms with van der Waals surface area (Å²) in [4.78, 5) is 24.9. The van der Waals surface area contributed by atoms with Crippen molar-refractivity contribution in [2.24, 2.45) is 0 Å². The molecule has 5 nitrogen and oxygen atoms in total. The third-order valence-electron chi connectivity index (χ3n) is 5.73. The molecule has 0 radical (unpaired) electrons. The van der Waals surface area contributed by atoms with Crippen molar-refractivity contribution < 1.29 is 19.1 Å². The van der Waals surface area contributed by atoms with Crippen LogP contribution in [-0.4, -0.2) is 25.2 Å². The topological polar surface area (TPSA) is 64.6 Å². The van der Waals surface area contributed by atoms with E-state index < -0.39 is 17.9 Å². The minimum atomic E-state index is -0.508. The summed E-state index contributed by atoms with van der Waals surface area (Å²) in [5.41, 5.74) is 7.00. The van der Waals surface area contributed by atoms with Gasteiger partial charge >= 0.3 is 11.9 Å². The fourth-order valence-electron chi connectivity index (χ4n) is 4.22. The lowest BCUT2D eigenvalue weighted by molar-refractivity contribution is 0.0525. The number of carbonyl (C=O) groups excluding carboxylic acids is 2. The Kier molecular flexibility index (Phi) is 9.44. The number of nitrogens with one attached hydrogen (secondary N) is 1. The van der Waals surface area contributed by atoms with E-state index in [1.165, 1.54) is 22.8 Å². The predicted octanol–water partition coefficient (Wildman–Crippen LogP) is 5.71. The van der Waals surface area contributed by atoms with Crippen LogP contribution in [0.1, 0.15) is 73.9 Å². The van der Waals surface area contributed by atoms with Gasteiger partial charge in [-0.05, 0) is 68.1 Å². The maximum absolute atomic E-state index is 12.4. The summed E-state index contributed by atoms with van der Waals surface area (Å²) in [6, 6.07) is 19.4. The van der Waals surface area contributed by atoms with Gasteiger partial charge in [0, 0.05) is 13.1 Å². The minimum Gasteiger partial charge on any atom is -0.462 e. The summed E-state index contributed by atoms with van der Waals surface area (Å²) < 4.78 is 10.3. The summed E-state index contributed by atoms with van der Waals surface area (Å²) in [6.07, 6.45) is 5.92. The molecule has 0 aliphatic carbocycles. The summed E-state index contributed by atoms with van der Waals surface area (Å²) in [5.74, 6) is 1.35. The second-order valence-electron chi connectivity index (χ2n) is 8.73. The van der Waals surface area contributed by atoms with Crippen molar-refractivity contribution in [3.05, 3.63) is 105 Å². The molecule has 0 amide bonds. The Hall–Kier alpha value is -3.88. The summed E-state index contributed by atoms with van der Waals surface area (Å²) >= 11 is 0. The SMILES string of the molecule is C#CC(c1ccc(CNCc2cc(C)cc(C)c2)cc1)c1cc(C(=O)OCC)cc(C(=O)OCC)c1. The van der Waals surface area contributed by atoms with Gasteiger partial charge in [0.25, 0.3) is 0 Å². The van der Waals surface area contributed by atoms with Gasteiger partial charge in [0.1, 0.15) is 0 Å². The van der Waals surface area contributed by atoms with Gasteiger partial charge in [0.2, 0.25) is 0 Å². The van der Waals surface area contributed by atoms with E-state index >= 15 is 0 Å². The molecule has 0 spiro atoms. The average Bonchev–Trinajstić information content (AvgIpc) is 2.85. The lowest BCUT2D eigenvalue weighted by Gasteiger charge is -2.15. The zero-order chi connectivity index (χ0) is 26.1. The number of carbonyl (C=O) groups is 2. The van der Waals surface area contributed by atoms with Gasteiger partial charge < -0.3 is 14.8 Å². The molecule has 3 rings (SSSR count). The molecule has 0 heterocycles. The van der Waals surface area contributed by atoms with Crippen molar-refractivity contribution in [3.63, 3.8) is 0 Å².